The summed E-state index contributed by atoms with van der Waals surface area (Å²) in [4.78, 5) is 11.3. The zero-order valence-corrected chi connectivity index (χ0v) is 12.1. The minimum atomic E-state index is -0.479. The van der Waals surface area contributed by atoms with Gasteiger partial charge in [0.1, 0.15) is 5.76 Å². The quantitative estimate of drug-likeness (QED) is 0.799. The first-order valence-electron chi connectivity index (χ1n) is 6.74. The normalized spacial score (nSPS) is 12.1. The second-order valence-electron chi connectivity index (χ2n) is 4.77. The zero-order valence-electron chi connectivity index (χ0n) is 12.1. The maximum atomic E-state index is 11.3. The molecule has 0 radical (unpaired) electrons. The average molecular weight is 289 g/mol. The van der Waals surface area contributed by atoms with Crippen molar-refractivity contribution in [2.75, 3.05) is 7.11 Å². The van der Waals surface area contributed by atoms with Crippen LogP contribution in [0, 0.1) is 0 Å². The fourth-order valence-corrected chi connectivity index (χ4v) is 1.93. The number of benzene rings is 1. The van der Waals surface area contributed by atoms with Crippen molar-refractivity contribution in [2.24, 2.45) is 0 Å². The van der Waals surface area contributed by atoms with Gasteiger partial charge in [-0.05, 0) is 30.2 Å². The first-order valence-corrected chi connectivity index (χ1v) is 6.74. The van der Waals surface area contributed by atoms with Crippen molar-refractivity contribution >= 4 is 5.97 Å². The summed E-state index contributed by atoms with van der Waals surface area (Å²) in [5.74, 6) is 0.406. The van der Waals surface area contributed by atoms with Gasteiger partial charge in [0.25, 0.3) is 0 Å². The highest BCUT2D eigenvalue weighted by Gasteiger charge is 2.14. The second kappa shape index (κ2) is 7.06. The van der Waals surface area contributed by atoms with Gasteiger partial charge in [0.15, 0.2) is 0 Å². The number of esters is 1. The van der Waals surface area contributed by atoms with E-state index in [-0.39, 0.29) is 18.4 Å². The first kappa shape index (κ1) is 15.3. The molecule has 0 saturated heterocycles. The first-order chi connectivity index (χ1) is 10.1. The van der Waals surface area contributed by atoms with Crippen LogP contribution in [0.4, 0.5) is 0 Å². The summed E-state index contributed by atoms with van der Waals surface area (Å²) in [7, 11) is 1.32. The molecule has 1 aromatic carbocycles. The van der Waals surface area contributed by atoms with Crippen LogP contribution in [-0.4, -0.2) is 18.2 Å². The van der Waals surface area contributed by atoms with Crippen molar-refractivity contribution < 1.29 is 19.1 Å². The van der Waals surface area contributed by atoms with Gasteiger partial charge in [0.2, 0.25) is 5.76 Å². The van der Waals surface area contributed by atoms with Crippen LogP contribution in [0.15, 0.2) is 40.8 Å². The summed E-state index contributed by atoms with van der Waals surface area (Å²) in [5, 5.41) is 12.3. The van der Waals surface area contributed by atoms with Gasteiger partial charge in [-0.15, -0.1) is 0 Å². The van der Waals surface area contributed by atoms with Gasteiger partial charge in [0.05, 0.1) is 19.8 Å². The lowest BCUT2D eigenvalue weighted by Gasteiger charge is -2.11. The Morgan fingerprint density at radius 3 is 2.52 bits per heavy atom. The van der Waals surface area contributed by atoms with Crippen molar-refractivity contribution in [3.63, 3.8) is 0 Å². The van der Waals surface area contributed by atoms with Crippen LogP contribution in [0.25, 0.3) is 0 Å². The Bertz CT molecular complexity index is 589. The molecule has 112 valence electrons. The number of nitrogens with one attached hydrogen (secondary N) is 1. The van der Waals surface area contributed by atoms with E-state index >= 15 is 0 Å². The Morgan fingerprint density at radius 2 is 1.90 bits per heavy atom. The van der Waals surface area contributed by atoms with Crippen LogP contribution in [-0.2, 0) is 17.9 Å². The fraction of sp³-hybridized carbons (Fsp3) is 0.312. The summed E-state index contributed by atoms with van der Waals surface area (Å²) in [6.07, 6.45) is 0. The third-order valence-corrected chi connectivity index (χ3v) is 3.26. The molecule has 0 saturated carbocycles. The van der Waals surface area contributed by atoms with E-state index in [9.17, 15) is 4.79 Å². The highest BCUT2D eigenvalue weighted by molar-refractivity contribution is 5.86. The summed E-state index contributed by atoms with van der Waals surface area (Å²) >= 11 is 0. The average Bonchev–Trinajstić information content (AvgIpc) is 3.02. The fourth-order valence-electron chi connectivity index (χ4n) is 1.93. The largest absolute Gasteiger partial charge is 0.463 e. The van der Waals surface area contributed by atoms with Crippen LogP contribution < -0.4 is 5.32 Å². The molecule has 0 amide bonds. The second-order valence-corrected chi connectivity index (χ2v) is 4.77. The number of carbonyl (C=O) groups is 1. The number of rotatable bonds is 6. The van der Waals surface area contributed by atoms with Crippen LogP contribution >= 0.6 is 0 Å². The minimum absolute atomic E-state index is 0.0269. The number of carbonyl (C=O) groups excluding carboxylic acids is 1. The molecule has 1 unspecified atom stereocenters. The number of furan rings is 1. The lowest BCUT2D eigenvalue weighted by molar-refractivity contribution is 0.0562. The Hall–Kier alpha value is -2.11. The highest BCUT2D eigenvalue weighted by atomic mass is 16.5. The Kier molecular flexibility index (Phi) is 5.14. The molecule has 0 bridgehead atoms. The number of ether oxygens (including phenoxy) is 1. The zero-order chi connectivity index (χ0) is 15.2. The van der Waals surface area contributed by atoms with Crippen LogP contribution in [0.1, 0.15) is 40.4 Å². The topological polar surface area (TPSA) is 71.7 Å². The lowest BCUT2D eigenvalue weighted by Crippen LogP contribution is -2.17. The van der Waals surface area contributed by atoms with Gasteiger partial charge < -0.3 is 19.6 Å². The van der Waals surface area contributed by atoms with E-state index in [1.807, 2.05) is 31.2 Å². The molecule has 21 heavy (non-hydrogen) atoms. The van der Waals surface area contributed by atoms with E-state index in [4.69, 9.17) is 9.52 Å². The van der Waals surface area contributed by atoms with Crippen molar-refractivity contribution in [2.45, 2.75) is 26.1 Å². The summed E-state index contributed by atoms with van der Waals surface area (Å²) < 4.78 is 10.1. The SMILES string of the molecule is COC(=O)c1ccc(C(C)NCc2ccc(CO)cc2)o1. The summed E-state index contributed by atoms with van der Waals surface area (Å²) in [5.41, 5.74) is 2.00. The van der Waals surface area contributed by atoms with Crippen molar-refractivity contribution in [3.05, 3.63) is 59.0 Å². The molecule has 5 heteroatoms. The molecule has 0 aliphatic heterocycles. The molecule has 1 atom stereocenters. The third-order valence-electron chi connectivity index (χ3n) is 3.26. The molecule has 2 N–H and O–H groups in total. The Labute approximate surface area is 123 Å². The molecular formula is C16H19NO4. The molecule has 0 aliphatic carbocycles. The summed E-state index contributed by atoms with van der Waals surface area (Å²) in [6, 6.07) is 11.1. The van der Waals surface area contributed by atoms with Crippen LogP contribution in [0.2, 0.25) is 0 Å². The monoisotopic (exact) mass is 289 g/mol. The molecule has 2 aromatic rings. The standard InChI is InChI=1S/C16H19NO4/c1-11(14-7-8-15(21-14)16(19)20-2)17-9-12-3-5-13(10-18)6-4-12/h3-8,11,17-18H,9-10H2,1-2H3. The van der Waals surface area contributed by atoms with E-state index in [0.717, 1.165) is 11.1 Å². The molecular weight excluding hydrogens is 270 g/mol. The van der Waals surface area contributed by atoms with E-state index in [0.29, 0.717) is 12.3 Å². The molecule has 1 heterocycles. The van der Waals surface area contributed by atoms with Gasteiger partial charge in [-0.3, -0.25) is 0 Å². The van der Waals surface area contributed by atoms with E-state index in [1.165, 1.54) is 7.11 Å². The van der Waals surface area contributed by atoms with Crippen LogP contribution in [0.3, 0.4) is 0 Å². The Morgan fingerprint density at radius 1 is 1.24 bits per heavy atom. The van der Waals surface area contributed by atoms with Gasteiger partial charge in [-0.1, -0.05) is 24.3 Å². The number of aliphatic hydroxyl groups is 1. The highest BCUT2D eigenvalue weighted by Crippen LogP contribution is 2.17. The molecule has 1 aromatic heterocycles. The molecule has 0 aliphatic rings. The van der Waals surface area contributed by atoms with E-state index in [1.54, 1.807) is 12.1 Å². The van der Waals surface area contributed by atoms with Gasteiger partial charge in [-0.25, -0.2) is 4.79 Å². The molecule has 2 rings (SSSR count). The minimum Gasteiger partial charge on any atom is -0.463 e. The maximum absolute atomic E-state index is 11.3. The molecule has 5 nitrogen and oxygen atoms in total. The Balaban J connectivity index is 1.93. The lowest BCUT2D eigenvalue weighted by atomic mass is 10.1. The molecule has 0 spiro atoms. The van der Waals surface area contributed by atoms with Crippen molar-refractivity contribution in [3.8, 4) is 0 Å². The molecule has 0 fully saturated rings. The smallest absolute Gasteiger partial charge is 0.373 e. The van der Waals surface area contributed by atoms with Crippen molar-refractivity contribution in [1.82, 2.24) is 5.32 Å². The number of hydrogen-bond acceptors (Lipinski definition) is 5. The predicted molar refractivity (Wildman–Crippen MR) is 77.7 cm³/mol. The van der Waals surface area contributed by atoms with Gasteiger partial charge >= 0.3 is 5.97 Å². The van der Waals surface area contributed by atoms with Crippen molar-refractivity contribution in [1.29, 1.82) is 0 Å². The number of methoxy groups -OCH3 is 1. The van der Waals surface area contributed by atoms with Gasteiger partial charge in [0, 0.05) is 6.54 Å². The number of aliphatic hydroxyl groups excluding tert-OH is 1. The maximum Gasteiger partial charge on any atom is 0.373 e. The third kappa shape index (κ3) is 3.93. The predicted octanol–water partition coefficient (Wildman–Crippen LogP) is 2.41. The van der Waals surface area contributed by atoms with Gasteiger partial charge in [-0.2, -0.15) is 0 Å². The summed E-state index contributed by atoms with van der Waals surface area (Å²) in [6.45, 7) is 2.68. The van der Waals surface area contributed by atoms with E-state index < -0.39 is 5.97 Å². The van der Waals surface area contributed by atoms with E-state index in [2.05, 4.69) is 10.1 Å². The van der Waals surface area contributed by atoms with Crippen LogP contribution in [0.5, 0.6) is 0 Å². The number of hydrogen-bond donors (Lipinski definition) is 2.